The molecule has 2 aromatic heterocycles. The van der Waals surface area contributed by atoms with Gasteiger partial charge in [0.05, 0.1) is 34.3 Å². The number of hydrazine groups is 2. The lowest BCUT2D eigenvalue weighted by Gasteiger charge is -2.26. The van der Waals surface area contributed by atoms with Gasteiger partial charge in [-0.2, -0.15) is 0 Å². The summed E-state index contributed by atoms with van der Waals surface area (Å²) < 4.78 is 0. The molecular weight excluding hydrogens is 709 g/mol. The summed E-state index contributed by atoms with van der Waals surface area (Å²) in [5.74, 6) is 0.954. The van der Waals surface area contributed by atoms with Crippen LogP contribution >= 0.6 is 0 Å². The zero-order valence-electron chi connectivity index (χ0n) is 31.8. The van der Waals surface area contributed by atoms with Crippen LogP contribution in [0.4, 0.5) is 0 Å². The summed E-state index contributed by atoms with van der Waals surface area (Å²) >= 11 is 0. The van der Waals surface area contributed by atoms with Crippen molar-refractivity contribution in [3.05, 3.63) is 117 Å². The summed E-state index contributed by atoms with van der Waals surface area (Å²) in [5, 5.41) is 9.71. The van der Waals surface area contributed by atoms with Gasteiger partial charge in [-0.25, -0.2) is 19.9 Å². The molecule has 2 fully saturated rings. The second-order valence-corrected chi connectivity index (χ2v) is 15.1. The van der Waals surface area contributed by atoms with Gasteiger partial charge in [-0.15, -0.1) is 10.0 Å². The van der Waals surface area contributed by atoms with Crippen molar-refractivity contribution in [2.24, 2.45) is 0 Å². The normalized spacial score (nSPS) is 21.7. The van der Waals surface area contributed by atoms with Crippen molar-refractivity contribution < 1.29 is 19.3 Å². The molecule has 14 nitrogen and oxygen atoms in total. The molecule has 56 heavy (non-hydrogen) atoms. The fourth-order valence-electron chi connectivity index (χ4n) is 8.60. The number of carbonyl (C=O) groups excluding carboxylic acids is 2. The minimum Gasteiger partial charge on any atom is -0.353 e. The molecule has 4 atom stereocenters. The number of rotatable bonds is 11. The van der Waals surface area contributed by atoms with Crippen LogP contribution in [0.25, 0.3) is 22.8 Å². The van der Waals surface area contributed by atoms with Gasteiger partial charge < -0.3 is 10.6 Å². The van der Waals surface area contributed by atoms with Gasteiger partial charge in [-0.3, -0.25) is 9.59 Å². The summed E-state index contributed by atoms with van der Waals surface area (Å²) in [7, 11) is 0. The number of hydrogen-bond acceptors (Lipinski definition) is 8. The van der Waals surface area contributed by atoms with Gasteiger partial charge in [0.2, 0.25) is 11.8 Å². The largest absolute Gasteiger partial charge is 0.353 e. The number of amides is 2. The molecule has 0 saturated carbocycles. The molecule has 2 N–H and O–H groups in total. The van der Waals surface area contributed by atoms with Crippen molar-refractivity contribution in [2.45, 2.75) is 88.9 Å². The smallest absolute Gasteiger partial charge is 0.278 e. The quantitative estimate of drug-likeness (QED) is 0.162. The lowest BCUT2D eigenvalue weighted by molar-refractivity contribution is -0.732. The van der Waals surface area contributed by atoms with E-state index in [0.29, 0.717) is 82.8 Å². The van der Waals surface area contributed by atoms with E-state index in [1.807, 2.05) is 67.6 Å². The lowest BCUT2D eigenvalue weighted by Crippen LogP contribution is -2.40. The zero-order valence-corrected chi connectivity index (χ0v) is 31.8. The van der Waals surface area contributed by atoms with Gasteiger partial charge in [-0.05, 0) is 31.8 Å². The van der Waals surface area contributed by atoms with E-state index in [1.54, 1.807) is 10.0 Å². The van der Waals surface area contributed by atoms with Gasteiger partial charge in [-0.1, -0.05) is 74.2 Å². The van der Waals surface area contributed by atoms with Gasteiger partial charge in [0.1, 0.15) is 34.2 Å². The predicted octanol–water partition coefficient (Wildman–Crippen LogP) is 4.73. The number of aromatic nitrogens is 4. The molecule has 2 aromatic carbocycles. The highest BCUT2D eigenvalue weighted by molar-refractivity contribution is 5.87. The Kier molecular flexibility index (Phi) is 10.6. The van der Waals surface area contributed by atoms with Crippen molar-refractivity contribution in [1.82, 2.24) is 40.6 Å². The van der Waals surface area contributed by atoms with Crippen molar-refractivity contribution in [3.63, 3.8) is 0 Å². The molecule has 14 heteroatoms. The van der Waals surface area contributed by atoms with E-state index in [1.165, 1.54) is 6.08 Å². The molecule has 2 amide bonds. The Balaban J connectivity index is 0.986. The Morgan fingerprint density at radius 3 is 1.62 bits per heavy atom. The number of nitrogens with one attached hydrogen (secondary N) is 2. The maximum Gasteiger partial charge on any atom is 0.278 e. The Labute approximate surface area is 325 Å². The number of fused-ring (bicyclic) bond motifs is 2. The number of hydrogen-bond donors (Lipinski definition) is 2. The summed E-state index contributed by atoms with van der Waals surface area (Å²) in [6.45, 7) is 7.29. The molecular formula is C42H48N10O4+2. The molecule has 0 radical (unpaired) electrons. The number of nitroso groups, excluding NO2 is 2. The van der Waals surface area contributed by atoms with Crippen LogP contribution in [0.1, 0.15) is 85.0 Å². The minimum absolute atomic E-state index is 0.0104. The second-order valence-electron chi connectivity index (χ2n) is 15.1. The predicted molar refractivity (Wildman–Crippen MR) is 208 cm³/mol. The van der Waals surface area contributed by atoms with E-state index < -0.39 is 12.1 Å². The fraction of sp³-hybridized carbons (Fsp3) is 0.429. The number of nitrogens with zero attached hydrogens (tertiary/aromatic N) is 8. The minimum atomic E-state index is -0.488. The third-order valence-electron chi connectivity index (χ3n) is 11.6. The Morgan fingerprint density at radius 1 is 0.714 bits per heavy atom. The fourth-order valence-corrected chi connectivity index (χ4v) is 8.60. The molecule has 4 aromatic rings. The van der Waals surface area contributed by atoms with E-state index in [2.05, 4.69) is 17.2 Å². The lowest BCUT2D eigenvalue weighted by atomic mass is 9.88. The molecule has 4 aliphatic rings. The molecule has 2 saturated heterocycles. The Hall–Kier alpha value is -5.92. The van der Waals surface area contributed by atoms with E-state index in [0.717, 1.165) is 67.6 Å². The summed E-state index contributed by atoms with van der Waals surface area (Å²) in [5.41, 5.74) is 6.97. The number of carbonyl (C=O) groups is 2. The average molecular weight is 757 g/mol. The average Bonchev–Trinajstić information content (AvgIpc) is 3.79. The maximum absolute atomic E-state index is 14.1. The van der Waals surface area contributed by atoms with Gasteiger partial charge >= 0.3 is 0 Å². The van der Waals surface area contributed by atoms with Crippen LogP contribution < -0.4 is 10.6 Å². The first-order chi connectivity index (χ1) is 27.3. The SMILES string of the molecule is C=CC(=O)NC1CCc2c(nc(-c3ccccc3)nc2C2CCN(CCN3CCC(c4nc(-c5ccccc5)nc5c4CCC(NC(=O)CC)C5)[N+]3=O)[N+]2=O)C1. The van der Waals surface area contributed by atoms with Crippen LogP contribution in [0.2, 0.25) is 0 Å². The zero-order chi connectivity index (χ0) is 38.8. The van der Waals surface area contributed by atoms with Crippen molar-refractivity contribution >= 4 is 11.8 Å². The maximum atomic E-state index is 14.1. The second kappa shape index (κ2) is 16.0. The number of benzene rings is 2. The molecule has 288 valence electrons. The third kappa shape index (κ3) is 7.52. The first-order valence-electron chi connectivity index (χ1n) is 19.8. The van der Waals surface area contributed by atoms with E-state index in [4.69, 9.17) is 19.9 Å². The van der Waals surface area contributed by atoms with Crippen molar-refractivity contribution in [2.75, 3.05) is 26.2 Å². The standard InChI is InChI=1S/C42H46N10O4/c1-3-37(53)43-29-15-17-31-33(25-29)45-41(27-11-7-5-8-12-27)47-39(31)35-19-21-49(51(35)55)23-24-50-22-20-36(52(50)56)40-32-18-16-30(44-38(54)4-2)26-34(32)46-42(48-40)28-13-9-6-10-14-28/h3,5-14,29-30,35-36H,1,4,15-26H2,2H3/p+2. The summed E-state index contributed by atoms with van der Waals surface area (Å²) in [6, 6.07) is 18.5. The van der Waals surface area contributed by atoms with Gasteiger partial charge in [0.25, 0.3) is 12.1 Å². The van der Waals surface area contributed by atoms with Crippen LogP contribution in [-0.2, 0) is 35.3 Å². The summed E-state index contributed by atoms with van der Waals surface area (Å²) in [4.78, 5) is 74.6. The molecule has 0 spiro atoms. The molecule has 4 heterocycles. The van der Waals surface area contributed by atoms with Crippen LogP contribution in [0.15, 0.2) is 73.3 Å². The van der Waals surface area contributed by atoms with Crippen LogP contribution in [-0.4, -0.2) is 89.8 Å². The van der Waals surface area contributed by atoms with E-state index in [-0.39, 0.29) is 23.9 Å². The van der Waals surface area contributed by atoms with E-state index in [9.17, 15) is 19.4 Å². The molecule has 2 aliphatic heterocycles. The van der Waals surface area contributed by atoms with Crippen LogP contribution in [0, 0.1) is 9.81 Å². The third-order valence-corrected chi connectivity index (χ3v) is 11.6. The highest BCUT2D eigenvalue weighted by Gasteiger charge is 2.48. The topological polar surface area (TPSA) is 156 Å². The molecule has 4 unspecified atom stereocenters. The van der Waals surface area contributed by atoms with Crippen LogP contribution in [0.3, 0.4) is 0 Å². The Morgan fingerprint density at radius 2 is 1.18 bits per heavy atom. The van der Waals surface area contributed by atoms with Crippen LogP contribution in [0.5, 0.6) is 0 Å². The van der Waals surface area contributed by atoms with Gasteiger partial charge in [0.15, 0.2) is 11.6 Å². The monoisotopic (exact) mass is 756 g/mol. The first-order valence-corrected chi connectivity index (χ1v) is 19.8. The highest BCUT2D eigenvalue weighted by atomic mass is 16.3. The van der Waals surface area contributed by atoms with Crippen molar-refractivity contribution in [3.8, 4) is 22.8 Å². The molecule has 8 rings (SSSR count). The van der Waals surface area contributed by atoms with E-state index >= 15 is 0 Å². The summed E-state index contributed by atoms with van der Waals surface area (Å²) in [6.07, 6.45) is 6.86. The first kappa shape index (κ1) is 37.0. The van der Waals surface area contributed by atoms with Crippen molar-refractivity contribution in [1.29, 1.82) is 0 Å². The molecule has 2 aliphatic carbocycles. The Bertz CT molecular complexity index is 2160. The molecule has 0 bridgehead atoms. The highest BCUT2D eigenvalue weighted by Crippen LogP contribution is 2.37. The van der Waals surface area contributed by atoms with Gasteiger partial charge in [0, 0.05) is 66.4 Å².